The second-order valence-corrected chi connectivity index (χ2v) is 6.49. The van der Waals surface area contributed by atoms with Gasteiger partial charge in [0.25, 0.3) is 5.91 Å². The predicted molar refractivity (Wildman–Crippen MR) is 107 cm³/mol. The molecule has 1 atom stereocenters. The highest BCUT2D eigenvalue weighted by molar-refractivity contribution is 6.33. The minimum Gasteiger partial charge on any atom is -0.481 e. The topological polar surface area (TPSA) is 62.1 Å². The molecule has 28 heavy (non-hydrogen) atoms. The molecule has 6 heteroatoms. The number of hydrogen-bond acceptors (Lipinski definition) is 3. The highest BCUT2D eigenvalue weighted by atomic mass is 35.5. The number of nitriles is 1. The van der Waals surface area contributed by atoms with Crippen molar-refractivity contribution in [3.05, 3.63) is 83.1 Å². The van der Waals surface area contributed by atoms with Crippen LogP contribution in [-0.2, 0) is 4.79 Å². The Kier molecular flexibility index (Phi) is 5.93. The van der Waals surface area contributed by atoms with Gasteiger partial charge in [-0.3, -0.25) is 4.79 Å². The summed E-state index contributed by atoms with van der Waals surface area (Å²) in [6.07, 6.45) is -0.776. The molecular weight excluding hydrogens is 379 g/mol. The van der Waals surface area contributed by atoms with E-state index in [4.69, 9.17) is 21.6 Å². The monoisotopic (exact) mass is 394 g/mol. The molecule has 0 fully saturated rings. The lowest BCUT2D eigenvalue weighted by atomic mass is 10.0. The molecule has 0 aliphatic heterocycles. The fourth-order valence-electron chi connectivity index (χ4n) is 2.55. The molecule has 0 aromatic heterocycles. The first-order valence-electron chi connectivity index (χ1n) is 8.49. The number of nitrogens with one attached hydrogen (secondary N) is 1. The standard InChI is InChI=1S/C22H16ClFN2O2/c1-14(22(27)26-21-11-8-18(24)12-20(21)23)28-19-9-6-17(7-10-19)16-4-2-15(13-25)3-5-16/h2-12,14H,1H3,(H,26,27)/t14-/m1/s1. The Morgan fingerprint density at radius 2 is 1.68 bits per heavy atom. The predicted octanol–water partition coefficient (Wildman–Crippen LogP) is 5.42. The SMILES string of the molecule is C[C@@H](Oc1ccc(-c2ccc(C#N)cc2)cc1)C(=O)Nc1ccc(F)cc1Cl. The van der Waals surface area contributed by atoms with Gasteiger partial charge in [-0.2, -0.15) is 5.26 Å². The van der Waals surface area contributed by atoms with Gasteiger partial charge in [0.05, 0.1) is 22.3 Å². The number of carbonyl (C=O) groups is 1. The number of hydrogen-bond donors (Lipinski definition) is 1. The average Bonchev–Trinajstić information content (AvgIpc) is 2.70. The molecule has 0 bridgehead atoms. The molecule has 0 saturated carbocycles. The number of rotatable bonds is 5. The van der Waals surface area contributed by atoms with Crippen LogP contribution in [0.1, 0.15) is 12.5 Å². The van der Waals surface area contributed by atoms with Crippen molar-refractivity contribution in [2.75, 3.05) is 5.32 Å². The van der Waals surface area contributed by atoms with E-state index < -0.39 is 17.8 Å². The Morgan fingerprint density at radius 3 is 2.25 bits per heavy atom. The van der Waals surface area contributed by atoms with Crippen molar-refractivity contribution in [1.82, 2.24) is 0 Å². The summed E-state index contributed by atoms with van der Waals surface area (Å²) in [6, 6.07) is 20.4. The van der Waals surface area contributed by atoms with E-state index in [0.717, 1.165) is 17.2 Å². The molecule has 3 rings (SSSR count). The van der Waals surface area contributed by atoms with Crippen LogP contribution in [0.15, 0.2) is 66.7 Å². The first-order chi connectivity index (χ1) is 13.5. The summed E-state index contributed by atoms with van der Waals surface area (Å²) < 4.78 is 18.8. The summed E-state index contributed by atoms with van der Waals surface area (Å²) in [7, 11) is 0. The first-order valence-corrected chi connectivity index (χ1v) is 8.87. The Morgan fingerprint density at radius 1 is 1.07 bits per heavy atom. The van der Waals surface area contributed by atoms with E-state index >= 15 is 0 Å². The quantitative estimate of drug-likeness (QED) is 0.628. The molecule has 3 aromatic carbocycles. The second kappa shape index (κ2) is 8.55. The van der Waals surface area contributed by atoms with Gasteiger partial charge < -0.3 is 10.1 Å². The molecule has 140 valence electrons. The lowest BCUT2D eigenvalue weighted by Gasteiger charge is -2.15. The number of carbonyl (C=O) groups excluding carboxylic acids is 1. The molecule has 1 amide bonds. The van der Waals surface area contributed by atoms with Crippen LogP contribution in [0.5, 0.6) is 5.75 Å². The van der Waals surface area contributed by atoms with E-state index in [2.05, 4.69) is 11.4 Å². The highest BCUT2D eigenvalue weighted by Gasteiger charge is 2.16. The van der Waals surface area contributed by atoms with Gasteiger partial charge in [-0.1, -0.05) is 35.9 Å². The smallest absolute Gasteiger partial charge is 0.265 e. The third-order valence-electron chi connectivity index (χ3n) is 4.07. The van der Waals surface area contributed by atoms with Crippen molar-refractivity contribution < 1.29 is 13.9 Å². The van der Waals surface area contributed by atoms with Crippen LogP contribution in [0.25, 0.3) is 11.1 Å². The van der Waals surface area contributed by atoms with Crippen LogP contribution in [-0.4, -0.2) is 12.0 Å². The van der Waals surface area contributed by atoms with Crippen LogP contribution in [0.4, 0.5) is 10.1 Å². The van der Waals surface area contributed by atoms with E-state index in [0.29, 0.717) is 17.0 Å². The maximum Gasteiger partial charge on any atom is 0.265 e. The maximum absolute atomic E-state index is 13.1. The molecule has 0 aliphatic rings. The van der Waals surface area contributed by atoms with Crippen LogP contribution in [0.2, 0.25) is 5.02 Å². The Hall–Kier alpha value is -3.36. The lowest BCUT2D eigenvalue weighted by Crippen LogP contribution is -2.30. The van der Waals surface area contributed by atoms with E-state index in [1.54, 1.807) is 31.2 Å². The van der Waals surface area contributed by atoms with Crippen LogP contribution in [0.3, 0.4) is 0 Å². The van der Waals surface area contributed by atoms with Gasteiger partial charge in [0.2, 0.25) is 0 Å². The van der Waals surface area contributed by atoms with Crippen LogP contribution in [0, 0.1) is 17.1 Å². The molecule has 3 aromatic rings. The van der Waals surface area contributed by atoms with Crippen LogP contribution < -0.4 is 10.1 Å². The summed E-state index contributed by atoms with van der Waals surface area (Å²) >= 11 is 5.92. The van der Waals surface area contributed by atoms with Gasteiger partial charge in [0, 0.05) is 0 Å². The van der Waals surface area contributed by atoms with E-state index in [9.17, 15) is 9.18 Å². The summed E-state index contributed by atoms with van der Waals surface area (Å²) in [5.74, 6) is -0.343. The van der Waals surface area contributed by atoms with Gasteiger partial charge in [-0.15, -0.1) is 0 Å². The number of anilines is 1. The average molecular weight is 395 g/mol. The zero-order chi connectivity index (χ0) is 20.1. The van der Waals surface area contributed by atoms with Gasteiger partial charge in [0.15, 0.2) is 6.10 Å². The van der Waals surface area contributed by atoms with Gasteiger partial charge in [-0.05, 0) is 60.5 Å². The molecule has 0 spiro atoms. The number of nitrogens with zero attached hydrogens (tertiary/aromatic N) is 1. The molecular formula is C22H16ClFN2O2. The van der Waals surface area contributed by atoms with Crippen molar-refractivity contribution in [2.45, 2.75) is 13.0 Å². The number of ether oxygens (including phenoxy) is 1. The molecule has 0 aliphatic carbocycles. The zero-order valence-corrected chi connectivity index (χ0v) is 15.7. The first kappa shape index (κ1) is 19.4. The third-order valence-corrected chi connectivity index (χ3v) is 4.39. The lowest BCUT2D eigenvalue weighted by molar-refractivity contribution is -0.122. The summed E-state index contributed by atoms with van der Waals surface area (Å²) in [6.45, 7) is 1.61. The van der Waals surface area contributed by atoms with E-state index in [-0.39, 0.29) is 5.02 Å². The second-order valence-electron chi connectivity index (χ2n) is 6.09. The van der Waals surface area contributed by atoms with Gasteiger partial charge in [-0.25, -0.2) is 4.39 Å². The maximum atomic E-state index is 13.1. The molecule has 1 N–H and O–H groups in total. The van der Waals surface area contributed by atoms with Crippen molar-refractivity contribution in [3.8, 4) is 22.9 Å². The molecule has 0 unspecified atom stereocenters. The zero-order valence-electron chi connectivity index (χ0n) is 14.9. The molecule has 0 heterocycles. The number of halogens is 2. The normalized spacial score (nSPS) is 11.4. The Balaban J connectivity index is 1.64. The largest absolute Gasteiger partial charge is 0.481 e. The van der Waals surface area contributed by atoms with Crippen molar-refractivity contribution in [1.29, 1.82) is 5.26 Å². The number of amides is 1. The molecule has 0 radical (unpaired) electrons. The van der Waals surface area contributed by atoms with Crippen molar-refractivity contribution in [2.24, 2.45) is 0 Å². The third kappa shape index (κ3) is 4.67. The summed E-state index contributed by atoms with van der Waals surface area (Å²) in [5, 5.41) is 11.6. The van der Waals surface area contributed by atoms with Crippen LogP contribution >= 0.6 is 11.6 Å². The molecule has 4 nitrogen and oxygen atoms in total. The Labute approximate surface area is 167 Å². The minimum atomic E-state index is -0.776. The van der Waals surface area contributed by atoms with E-state index in [1.165, 1.54) is 12.1 Å². The van der Waals surface area contributed by atoms with E-state index in [1.807, 2.05) is 24.3 Å². The highest BCUT2D eigenvalue weighted by Crippen LogP contribution is 2.25. The fourth-order valence-corrected chi connectivity index (χ4v) is 2.76. The van der Waals surface area contributed by atoms with Gasteiger partial charge in [0.1, 0.15) is 11.6 Å². The van der Waals surface area contributed by atoms with Crippen molar-refractivity contribution >= 4 is 23.2 Å². The Bertz CT molecular complexity index is 1030. The molecule has 0 saturated heterocycles. The number of benzene rings is 3. The van der Waals surface area contributed by atoms with Crippen molar-refractivity contribution in [3.63, 3.8) is 0 Å². The fraction of sp³-hybridized carbons (Fsp3) is 0.0909. The van der Waals surface area contributed by atoms with Gasteiger partial charge >= 0.3 is 0 Å². The summed E-state index contributed by atoms with van der Waals surface area (Å²) in [4.78, 5) is 12.3. The minimum absolute atomic E-state index is 0.118. The summed E-state index contributed by atoms with van der Waals surface area (Å²) in [5.41, 5.74) is 2.86.